The minimum Gasteiger partial charge on any atom is -0.380 e. The fraction of sp³-hybridized carbons (Fsp3) is 0.708. The summed E-state index contributed by atoms with van der Waals surface area (Å²) in [5.74, 6) is 0.669. The molecule has 1 saturated carbocycles. The Bertz CT molecular complexity index is 822. The van der Waals surface area contributed by atoms with E-state index in [4.69, 9.17) is 9.72 Å². The van der Waals surface area contributed by atoms with Gasteiger partial charge in [0.1, 0.15) is 5.65 Å². The van der Waals surface area contributed by atoms with Gasteiger partial charge in [-0.05, 0) is 67.0 Å². The number of fused-ring (bicyclic) bond motifs is 1. The number of pyridine rings is 1. The number of hydrogen-bond donors (Lipinski definition) is 0. The molecular weight excluding hydrogens is 374 g/mol. The summed E-state index contributed by atoms with van der Waals surface area (Å²) in [6, 6.07) is 5.47. The van der Waals surface area contributed by atoms with Gasteiger partial charge in [-0.1, -0.05) is 33.9 Å². The van der Waals surface area contributed by atoms with Crippen LogP contribution in [-0.4, -0.2) is 54.7 Å². The molecule has 2 aromatic heterocycles. The summed E-state index contributed by atoms with van der Waals surface area (Å²) >= 11 is 0. The van der Waals surface area contributed by atoms with Crippen molar-refractivity contribution in [2.75, 3.05) is 26.3 Å². The SMILES string of the molecule is CC(C)(C)[Si](C)(C)n1ccc2cc([C@H]3CC[C@H](N4CCCOCC4)CC3)cnc21. The van der Waals surface area contributed by atoms with E-state index in [9.17, 15) is 0 Å². The summed E-state index contributed by atoms with van der Waals surface area (Å²) in [4.78, 5) is 7.67. The van der Waals surface area contributed by atoms with Crippen LogP contribution < -0.4 is 0 Å². The molecule has 2 fully saturated rings. The molecule has 160 valence electrons. The quantitative estimate of drug-likeness (QED) is 0.610. The average Bonchev–Trinajstić information content (AvgIpc) is 2.93. The van der Waals surface area contributed by atoms with Crippen LogP contribution in [-0.2, 0) is 4.74 Å². The van der Waals surface area contributed by atoms with Crippen molar-refractivity contribution in [2.24, 2.45) is 0 Å². The third-order valence-electron chi connectivity index (χ3n) is 7.93. The van der Waals surface area contributed by atoms with E-state index in [1.807, 2.05) is 0 Å². The molecule has 0 radical (unpaired) electrons. The van der Waals surface area contributed by atoms with E-state index < -0.39 is 8.24 Å². The normalized spacial score (nSPS) is 25.3. The molecule has 2 aliphatic rings. The van der Waals surface area contributed by atoms with Gasteiger partial charge in [-0.3, -0.25) is 4.90 Å². The minimum absolute atomic E-state index is 0.302. The van der Waals surface area contributed by atoms with E-state index in [1.54, 1.807) is 0 Å². The number of hydrogen-bond acceptors (Lipinski definition) is 3. The highest BCUT2D eigenvalue weighted by atomic mass is 28.3. The molecule has 0 unspecified atom stereocenters. The maximum Gasteiger partial charge on any atom is 0.163 e. The van der Waals surface area contributed by atoms with Crippen molar-refractivity contribution in [3.63, 3.8) is 0 Å². The van der Waals surface area contributed by atoms with Crippen molar-refractivity contribution in [1.29, 1.82) is 0 Å². The van der Waals surface area contributed by atoms with E-state index >= 15 is 0 Å². The smallest absolute Gasteiger partial charge is 0.163 e. The predicted octanol–water partition coefficient (Wildman–Crippen LogP) is 5.64. The van der Waals surface area contributed by atoms with E-state index in [0.29, 0.717) is 11.0 Å². The van der Waals surface area contributed by atoms with Crippen LogP contribution in [0.3, 0.4) is 0 Å². The van der Waals surface area contributed by atoms with Crippen LogP contribution in [0.1, 0.15) is 64.4 Å². The van der Waals surface area contributed by atoms with Gasteiger partial charge in [0.15, 0.2) is 8.24 Å². The first-order chi connectivity index (χ1) is 13.8. The molecule has 5 heteroatoms. The highest BCUT2D eigenvalue weighted by Gasteiger charge is 2.38. The summed E-state index contributed by atoms with van der Waals surface area (Å²) in [7, 11) is -1.64. The molecule has 29 heavy (non-hydrogen) atoms. The van der Waals surface area contributed by atoms with Crippen LogP contribution in [0.25, 0.3) is 11.0 Å². The Hall–Kier alpha value is -1.17. The van der Waals surface area contributed by atoms with Gasteiger partial charge in [-0.25, -0.2) is 4.98 Å². The summed E-state index contributed by atoms with van der Waals surface area (Å²) in [6.07, 6.45) is 10.9. The number of nitrogens with zero attached hydrogens (tertiary/aromatic N) is 3. The second-order valence-corrected chi connectivity index (χ2v) is 15.8. The second kappa shape index (κ2) is 8.16. The minimum atomic E-state index is -1.64. The van der Waals surface area contributed by atoms with E-state index in [-0.39, 0.29) is 0 Å². The van der Waals surface area contributed by atoms with Gasteiger partial charge >= 0.3 is 0 Å². The monoisotopic (exact) mass is 413 g/mol. The molecule has 0 bridgehead atoms. The third-order valence-corrected chi connectivity index (χ3v) is 13.2. The van der Waals surface area contributed by atoms with E-state index in [2.05, 4.69) is 67.5 Å². The van der Waals surface area contributed by atoms with Crippen LogP contribution in [0.15, 0.2) is 24.5 Å². The Morgan fingerprint density at radius 1 is 1.07 bits per heavy atom. The first-order valence-electron chi connectivity index (χ1n) is 11.6. The Labute approximate surface area is 177 Å². The molecule has 4 rings (SSSR count). The Morgan fingerprint density at radius 3 is 2.55 bits per heavy atom. The fourth-order valence-electron chi connectivity index (χ4n) is 4.98. The van der Waals surface area contributed by atoms with Crippen LogP contribution in [0.2, 0.25) is 18.1 Å². The van der Waals surface area contributed by atoms with Gasteiger partial charge in [0.2, 0.25) is 0 Å². The maximum absolute atomic E-state index is 5.64. The lowest BCUT2D eigenvalue weighted by Crippen LogP contribution is -2.45. The zero-order valence-corrected chi connectivity index (χ0v) is 20.1. The van der Waals surface area contributed by atoms with Crippen LogP contribution >= 0.6 is 0 Å². The Kier molecular flexibility index (Phi) is 5.93. The predicted molar refractivity (Wildman–Crippen MR) is 124 cm³/mol. The first kappa shape index (κ1) is 21.1. The van der Waals surface area contributed by atoms with Crippen LogP contribution in [0, 0.1) is 0 Å². The zero-order chi connectivity index (χ0) is 20.6. The van der Waals surface area contributed by atoms with Gasteiger partial charge < -0.3 is 8.97 Å². The van der Waals surface area contributed by atoms with Crippen molar-refractivity contribution in [2.45, 2.75) is 83.0 Å². The second-order valence-electron chi connectivity index (χ2n) is 10.7. The summed E-state index contributed by atoms with van der Waals surface area (Å²) in [5, 5.41) is 1.62. The Balaban J connectivity index is 1.47. The maximum atomic E-state index is 5.64. The van der Waals surface area contributed by atoms with Crippen LogP contribution in [0.5, 0.6) is 0 Å². The molecule has 1 aliphatic heterocycles. The van der Waals surface area contributed by atoms with Gasteiger partial charge in [0.25, 0.3) is 0 Å². The van der Waals surface area contributed by atoms with Crippen molar-refractivity contribution >= 4 is 19.3 Å². The first-order valence-corrected chi connectivity index (χ1v) is 14.5. The molecule has 0 N–H and O–H groups in total. The van der Waals surface area contributed by atoms with Gasteiger partial charge in [0.05, 0.1) is 6.61 Å². The van der Waals surface area contributed by atoms with Crippen LogP contribution in [0.4, 0.5) is 0 Å². The molecule has 3 heterocycles. The topological polar surface area (TPSA) is 30.3 Å². The van der Waals surface area contributed by atoms with Gasteiger partial charge in [-0.2, -0.15) is 0 Å². The standard InChI is InChI=1S/C24H39N3OSi/c1-24(2,3)29(4,5)27-13-11-20-17-21(18-25-23(20)27)19-7-9-22(10-8-19)26-12-6-15-28-16-14-26/h11,13,17-19,22H,6-10,12,14-16H2,1-5H3/t19-,22-. The van der Waals surface area contributed by atoms with Crippen molar-refractivity contribution in [3.05, 3.63) is 30.1 Å². The molecule has 0 aromatic carbocycles. The lowest BCUT2D eigenvalue weighted by Gasteiger charge is -2.38. The molecule has 1 aliphatic carbocycles. The third kappa shape index (κ3) is 4.19. The average molecular weight is 414 g/mol. The van der Waals surface area contributed by atoms with Crippen molar-refractivity contribution in [1.82, 2.24) is 14.1 Å². The zero-order valence-electron chi connectivity index (χ0n) is 19.1. The number of ether oxygens (including phenoxy) is 1. The Morgan fingerprint density at radius 2 is 1.83 bits per heavy atom. The van der Waals surface area contributed by atoms with Crippen molar-refractivity contribution in [3.8, 4) is 0 Å². The van der Waals surface area contributed by atoms with Crippen molar-refractivity contribution < 1.29 is 4.74 Å². The number of aromatic nitrogens is 2. The fourth-order valence-corrected chi connectivity index (χ4v) is 6.87. The highest BCUT2D eigenvalue weighted by Crippen LogP contribution is 2.40. The summed E-state index contributed by atoms with van der Waals surface area (Å²) < 4.78 is 8.15. The molecule has 0 amide bonds. The summed E-state index contributed by atoms with van der Waals surface area (Å²) in [6.45, 7) is 16.2. The van der Waals surface area contributed by atoms with E-state index in [0.717, 1.165) is 25.8 Å². The lowest BCUT2D eigenvalue weighted by atomic mass is 9.81. The molecular formula is C24H39N3OSi. The molecule has 0 spiro atoms. The molecule has 2 aromatic rings. The molecule has 0 atom stereocenters. The summed E-state index contributed by atoms with van der Waals surface area (Å²) in [5.41, 5.74) is 2.63. The van der Waals surface area contributed by atoms with Gasteiger partial charge in [-0.15, -0.1) is 0 Å². The van der Waals surface area contributed by atoms with E-state index in [1.165, 1.54) is 55.2 Å². The van der Waals surface area contributed by atoms with Gasteiger partial charge in [0, 0.05) is 37.3 Å². The molecule has 1 saturated heterocycles. The lowest BCUT2D eigenvalue weighted by molar-refractivity contribution is 0.118. The largest absolute Gasteiger partial charge is 0.380 e. The molecule has 4 nitrogen and oxygen atoms in total. The highest BCUT2D eigenvalue weighted by molar-refractivity contribution is 6.79. The number of rotatable bonds is 3.